The van der Waals surface area contributed by atoms with Crippen LogP contribution >= 0.6 is 0 Å². The predicted molar refractivity (Wildman–Crippen MR) is 55.1 cm³/mol. The molecule has 2 rings (SSSR count). The minimum absolute atomic E-state index is 0.428. The van der Waals surface area contributed by atoms with Crippen LogP contribution in [0.25, 0.3) is 5.65 Å². The summed E-state index contributed by atoms with van der Waals surface area (Å²) >= 11 is 0. The molecule has 2 aromatic heterocycles. The lowest BCUT2D eigenvalue weighted by Gasteiger charge is -2.06. The molecule has 0 aliphatic rings. The quantitative estimate of drug-likeness (QED) is 0.703. The normalized spacial score (nSPS) is 10.2. The summed E-state index contributed by atoms with van der Waals surface area (Å²) in [5, 5.41) is 12.9. The van der Waals surface area contributed by atoms with Crippen molar-refractivity contribution in [1.29, 1.82) is 5.26 Å². The molecule has 0 radical (unpaired) electrons. The maximum atomic E-state index is 8.83. The van der Waals surface area contributed by atoms with Crippen molar-refractivity contribution in [3.8, 4) is 11.9 Å². The average molecular weight is 218 g/mol. The number of rotatable bonds is 4. The van der Waals surface area contributed by atoms with Gasteiger partial charge in [0.15, 0.2) is 5.65 Å². The number of hydrogen-bond donors (Lipinski definition) is 0. The molecule has 0 bridgehead atoms. The van der Waals surface area contributed by atoms with E-state index in [4.69, 9.17) is 14.7 Å². The number of hydrogen-bond acceptors (Lipinski definition) is 5. The van der Waals surface area contributed by atoms with Gasteiger partial charge in [-0.3, -0.25) is 0 Å². The highest BCUT2D eigenvalue weighted by atomic mass is 16.5. The Bertz CT molecular complexity index is 529. The van der Waals surface area contributed by atoms with Crippen LogP contribution in [0.3, 0.4) is 0 Å². The zero-order valence-corrected chi connectivity index (χ0v) is 8.75. The van der Waals surface area contributed by atoms with E-state index in [1.165, 1.54) is 10.7 Å². The van der Waals surface area contributed by atoms with E-state index in [9.17, 15) is 0 Å². The van der Waals surface area contributed by atoms with Gasteiger partial charge in [-0.05, 0) is 0 Å². The molecule has 0 amide bonds. The van der Waals surface area contributed by atoms with Crippen LogP contribution < -0.4 is 4.74 Å². The van der Waals surface area contributed by atoms with E-state index in [0.29, 0.717) is 30.3 Å². The average Bonchev–Trinajstić information content (AvgIpc) is 2.73. The van der Waals surface area contributed by atoms with Gasteiger partial charge in [0.2, 0.25) is 5.88 Å². The predicted octanol–water partition coefficient (Wildman–Crippen LogP) is 0.626. The molecule has 2 aromatic rings. The van der Waals surface area contributed by atoms with Gasteiger partial charge in [-0.25, -0.2) is 4.98 Å². The van der Waals surface area contributed by atoms with Gasteiger partial charge in [-0.1, -0.05) is 0 Å². The Morgan fingerprint density at radius 1 is 1.50 bits per heavy atom. The number of ether oxygens (including phenoxy) is 2. The Labute approximate surface area is 92.0 Å². The third-order valence-electron chi connectivity index (χ3n) is 2.02. The first-order chi connectivity index (χ1) is 7.86. The van der Waals surface area contributed by atoms with Crippen molar-refractivity contribution >= 4 is 5.65 Å². The molecule has 0 aliphatic heterocycles. The van der Waals surface area contributed by atoms with Gasteiger partial charge >= 0.3 is 0 Å². The summed E-state index contributed by atoms with van der Waals surface area (Å²) in [5.41, 5.74) is 0.926. The van der Waals surface area contributed by atoms with Crippen LogP contribution in [0.5, 0.6) is 5.88 Å². The van der Waals surface area contributed by atoms with Gasteiger partial charge < -0.3 is 9.47 Å². The number of fused-ring (bicyclic) bond motifs is 1. The van der Waals surface area contributed by atoms with Crippen molar-refractivity contribution in [2.24, 2.45) is 0 Å². The lowest BCUT2D eigenvalue weighted by atomic mass is 10.4. The Morgan fingerprint density at radius 2 is 2.38 bits per heavy atom. The van der Waals surface area contributed by atoms with E-state index in [2.05, 4.69) is 10.1 Å². The first-order valence-electron chi connectivity index (χ1n) is 4.71. The third kappa shape index (κ3) is 1.81. The number of nitrogens with zero attached hydrogens (tertiary/aromatic N) is 4. The Hall–Kier alpha value is -2.13. The summed E-state index contributed by atoms with van der Waals surface area (Å²) < 4.78 is 11.8. The van der Waals surface area contributed by atoms with Gasteiger partial charge in [0.25, 0.3) is 0 Å². The van der Waals surface area contributed by atoms with Crippen LogP contribution in [0, 0.1) is 11.3 Å². The van der Waals surface area contributed by atoms with Crippen LogP contribution in [0.4, 0.5) is 0 Å². The molecule has 0 fully saturated rings. The molecular formula is C10H10N4O2. The second-order valence-electron chi connectivity index (χ2n) is 3.03. The number of aromatic nitrogens is 3. The number of nitriles is 1. The molecule has 0 atom stereocenters. The fourth-order valence-electron chi connectivity index (χ4n) is 1.29. The SMILES string of the molecule is COCCOc1ccnc2c(C#N)cnn12. The monoisotopic (exact) mass is 218 g/mol. The summed E-state index contributed by atoms with van der Waals surface area (Å²) in [6, 6.07) is 3.71. The maximum absolute atomic E-state index is 8.83. The standard InChI is InChI=1S/C10H10N4O2/c1-15-4-5-16-9-2-3-12-10-8(6-11)7-13-14(9)10/h2-3,7H,4-5H2,1H3. The third-order valence-corrected chi connectivity index (χ3v) is 2.02. The molecule has 2 heterocycles. The maximum Gasteiger partial charge on any atom is 0.218 e. The van der Waals surface area contributed by atoms with E-state index in [1.54, 1.807) is 19.4 Å². The molecule has 0 unspecified atom stereocenters. The summed E-state index contributed by atoms with van der Waals surface area (Å²) in [6.45, 7) is 0.924. The zero-order chi connectivity index (χ0) is 11.4. The molecule has 0 aliphatic carbocycles. The summed E-state index contributed by atoms with van der Waals surface area (Å²) in [4.78, 5) is 4.07. The first kappa shape index (κ1) is 10.4. The minimum Gasteiger partial charge on any atom is -0.475 e. The highest BCUT2D eigenvalue weighted by Gasteiger charge is 2.08. The Kier molecular flexibility index (Phi) is 2.98. The van der Waals surface area contributed by atoms with E-state index in [0.717, 1.165) is 0 Å². The van der Waals surface area contributed by atoms with Crippen LogP contribution in [0.2, 0.25) is 0 Å². The molecule has 6 nitrogen and oxygen atoms in total. The summed E-state index contributed by atoms with van der Waals surface area (Å²) in [7, 11) is 1.60. The van der Waals surface area contributed by atoms with Crippen molar-refractivity contribution in [1.82, 2.24) is 14.6 Å². The highest BCUT2D eigenvalue weighted by Crippen LogP contribution is 2.14. The minimum atomic E-state index is 0.428. The lowest BCUT2D eigenvalue weighted by Crippen LogP contribution is -2.07. The van der Waals surface area contributed by atoms with Crippen molar-refractivity contribution in [3.63, 3.8) is 0 Å². The van der Waals surface area contributed by atoms with Gasteiger partial charge in [-0.15, -0.1) is 0 Å². The highest BCUT2D eigenvalue weighted by molar-refractivity contribution is 5.54. The Morgan fingerprint density at radius 3 is 3.12 bits per heavy atom. The molecular weight excluding hydrogens is 208 g/mol. The molecule has 0 N–H and O–H groups in total. The van der Waals surface area contributed by atoms with Gasteiger partial charge in [0.05, 0.1) is 12.8 Å². The molecule has 0 saturated heterocycles. The second kappa shape index (κ2) is 4.59. The van der Waals surface area contributed by atoms with Gasteiger partial charge in [0.1, 0.15) is 18.2 Å². The molecule has 82 valence electrons. The van der Waals surface area contributed by atoms with E-state index < -0.39 is 0 Å². The topological polar surface area (TPSA) is 72.4 Å². The molecule has 0 aromatic carbocycles. The van der Waals surface area contributed by atoms with Crippen molar-refractivity contribution in [3.05, 3.63) is 24.0 Å². The zero-order valence-electron chi connectivity index (χ0n) is 8.75. The van der Waals surface area contributed by atoms with Gasteiger partial charge in [-0.2, -0.15) is 14.9 Å². The van der Waals surface area contributed by atoms with Crippen molar-refractivity contribution in [2.45, 2.75) is 0 Å². The molecule has 6 heteroatoms. The van der Waals surface area contributed by atoms with E-state index in [1.807, 2.05) is 6.07 Å². The fraction of sp³-hybridized carbons (Fsp3) is 0.300. The van der Waals surface area contributed by atoms with Crippen LogP contribution in [0.1, 0.15) is 5.56 Å². The largest absolute Gasteiger partial charge is 0.475 e. The summed E-state index contributed by atoms with van der Waals surface area (Å²) in [6.07, 6.45) is 3.05. The Balaban J connectivity index is 2.32. The van der Waals surface area contributed by atoms with Crippen molar-refractivity contribution in [2.75, 3.05) is 20.3 Å². The molecule has 16 heavy (non-hydrogen) atoms. The molecule has 0 saturated carbocycles. The van der Waals surface area contributed by atoms with E-state index >= 15 is 0 Å². The van der Waals surface area contributed by atoms with Gasteiger partial charge in [0, 0.05) is 19.4 Å². The smallest absolute Gasteiger partial charge is 0.218 e. The summed E-state index contributed by atoms with van der Waals surface area (Å²) in [5.74, 6) is 0.545. The van der Waals surface area contributed by atoms with E-state index in [-0.39, 0.29) is 0 Å². The molecule has 0 spiro atoms. The van der Waals surface area contributed by atoms with Crippen LogP contribution in [0.15, 0.2) is 18.5 Å². The van der Waals surface area contributed by atoms with Crippen molar-refractivity contribution < 1.29 is 9.47 Å². The van der Waals surface area contributed by atoms with Crippen LogP contribution in [-0.2, 0) is 4.74 Å². The second-order valence-corrected chi connectivity index (χ2v) is 3.03. The van der Waals surface area contributed by atoms with Crippen LogP contribution in [-0.4, -0.2) is 34.9 Å². The number of methoxy groups -OCH3 is 1. The first-order valence-corrected chi connectivity index (χ1v) is 4.71. The lowest BCUT2D eigenvalue weighted by molar-refractivity contribution is 0.142. The fourth-order valence-corrected chi connectivity index (χ4v) is 1.29.